The molecule has 0 bridgehead atoms. The third kappa shape index (κ3) is 6.66. The molecule has 0 aliphatic carbocycles. The van der Waals surface area contributed by atoms with Crippen LogP contribution in [0.3, 0.4) is 0 Å². The predicted octanol–water partition coefficient (Wildman–Crippen LogP) is 0.802. The van der Waals surface area contributed by atoms with Crippen LogP contribution in [0.5, 0.6) is 0 Å². The number of carbonyl (C=O) groups is 3. The topological polar surface area (TPSA) is 116 Å². The second-order valence-corrected chi connectivity index (χ2v) is 5.66. The molecule has 4 N–H and O–H groups in total. The van der Waals surface area contributed by atoms with Crippen molar-refractivity contribution in [1.29, 1.82) is 0 Å². The molecule has 7 nitrogen and oxygen atoms in total. The molecular formula is C15H19ClN2O5. The van der Waals surface area contributed by atoms with E-state index in [1.54, 1.807) is 24.3 Å². The van der Waals surface area contributed by atoms with Gasteiger partial charge in [0.15, 0.2) is 5.60 Å². The maximum atomic E-state index is 11.8. The highest BCUT2D eigenvalue weighted by Gasteiger charge is 2.30. The number of carboxylic acids is 1. The molecule has 23 heavy (non-hydrogen) atoms. The van der Waals surface area contributed by atoms with E-state index >= 15 is 0 Å². The summed E-state index contributed by atoms with van der Waals surface area (Å²) in [6.45, 7) is 1.02. The average molecular weight is 343 g/mol. The largest absolute Gasteiger partial charge is 0.479 e. The Morgan fingerprint density at radius 3 is 2.35 bits per heavy atom. The van der Waals surface area contributed by atoms with Crippen LogP contribution >= 0.6 is 11.6 Å². The van der Waals surface area contributed by atoms with Gasteiger partial charge in [0, 0.05) is 23.6 Å². The Morgan fingerprint density at radius 2 is 1.78 bits per heavy atom. The summed E-state index contributed by atoms with van der Waals surface area (Å²) in [6, 6.07) is 6.41. The van der Waals surface area contributed by atoms with Gasteiger partial charge in [-0.1, -0.05) is 11.6 Å². The summed E-state index contributed by atoms with van der Waals surface area (Å²) in [5.74, 6) is -2.07. The van der Waals surface area contributed by atoms with Crippen LogP contribution in [0.4, 0.5) is 0 Å². The van der Waals surface area contributed by atoms with E-state index in [-0.39, 0.29) is 18.9 Å². The van der Waals surface area contributed by atoms with Crippen LogP contribution in [0, 0.1) is 0 Å². The average Bonchev–Trinajstić information content (AvgIpc) is 2.50. The number of amides is 2. The van der Waals surface area contributed by atoms with Crippen LogP contribution in [-0.4, -0.2) is 46.7 Å². The molecule has 1 rings (SSSR count). The van der Waals surface area contributed by atoms with Gasteiger partial charge in [-0.2, -0.15) is 0 Å². The maximum Gasteiger partial charge on any atom is 0.337 e. The Bertz CT molecular complexity index is 572. The fraction of sp³-hybridized carbons (Fsp3) is 0.400. The second-order valence-electron chi connectivity index (χ2n) is 5.22. The van der Waals surface area contributed by atoms with Gasteiger partial charge in [0.2, 0.25) is 5.91 Å². The molecule has 8 heteroatoms. The summed E-state index contributed by atoms with van der Waals surface area (Å²) in [5.41, 5.74) is -1.53. The molecule has 1 aromatic rings. The third-order valence-electron chi connectivity index (χ3n) is 3.06. The molecule has 0 fully saturated rings. The van der Waals surface area contributed by atoms with Crippen molar-refractivity contribution in [3.63, 3.8) is 0 Å². The van der Waals surface area contributed by atoms with Crippen molar-refractivity contribution < 1.29 is 24.6 Å². The predicted molar refractivity (Wildman–Crippen MR) is 84.3 cm³/mol. The number of benzene rings is 1. The summed E-state index contributed by atoms with van der Waals surface area (Å²) in [7, 11) is 0. The maximum absolute atomic E-state index is 11.8. The summed E-state index contributed by atoms with van der Waals surface area (Å²) in [6.07, 6.45) is 0.497. The Balaban J connectivity index is 2.24. The third-order valence-corrected chi connectivity index (χ3v) is 3.32. The molecule has 0 aromatic heterocycles. The zero-order valence-corrected chi connectivity index (χ0v) is 13.4. The minimum Gasteiger partial charge on any atom is -0.479 e. The number of carboxylic acid groups (broad SMARTS) is 1. The highest BCUT2D eigenvalue weighted by atomic mass is 35.5. The Hall–Kier alpha value is -2.12. The molecule has 0 aliphatic rings. The fourth-order valence-electron chi connectivity index (χ4n) is 1.59. The number of aliphatic hydroxyl groups is 1. The van der Waals surface area contributed by atoms with Gasteiger partial charge in [-0.25, -0.2) is 4.79 Å². The molecule has 1 aromatic carbocycles. The molecular weight excluding hydrogens is 324 g/mol. The fourth-order valence-corrected chi connectivity index (χ4v) is 1.71. The number of hydrogen-bond donors (Lipinski definition) is 4. The molecule has 0 heterocycles. The lowest BCUT2D eigenvalue weighted by molar-refractivity contribution is -0.156. The van der Waals surface area contributed by atoms with Gasteiger partial charge in [0.25, 0.3) is 5.91 Å². The van der Waals surface area contributed by atoms with Crippen molar-refractivity contribution in [1.82, 2.24) is 10.6 Å². The molecule has 1 atom stereocenters. The number of nitrogens with one attached hydrogen (secondary N) is 2. The van der Waals surface area contributed by atoms with Gasteiger partial charge in [-0.05, 0) is 37.6 Å². The van der Waals surface area contributed by atoms with Crippen LogP contribution in [-0.2, 0) is 9.59 Å². The number of halogens is 1. The highest BCUT2D eigenvalue weighted by Crippen LogP contribution is 2.09. The first-order chi connectivity index (χ1) is 10.7. The zero-order chi connectivity index (χ0) is 17.5. The molecule has 0 saturated heterocycles. The van der Waals surface area contributed by atoms with Gasteiger partial charge in [-0.3, -0.25) is 9.59 Å². The van der Waals surface area contributed by atoms with E-state index in [1.165, 1.54) is 0 Å². The lowest BCUT2D eigenvalue weighted by Gasteiger charge is -2.18. The normalized spacial score (nSPS) is 13.0. The molecule has 0 radical (unpaired) electrons. The Kier molecular flexibility index (Phi) is 6.99. The molecule has 2 amide bonds. The van der Waals surface area contributed by atoms with Gasteiger partial charge in [0.05, 0.1) is 6.54 Å². The van der Waals surface area contributed by atoms with E-state index in [1.807, 2.05) is 0 Å². The standard InChI is InChI=1S/C15H19ClN2O5/c1-15(23,14(21)22)9-18-12(19)3-2-8-17-13(20)10-4-6-11(16)7-5-10/h4-7,23H,2-3,8-9H2,1H3,(H,17,20)(H,18,19)(H,21,22). The van der Waals surface area contributed by atoms with Crippen molar-refractivity contribution in [2.45, 2.75) is 25.4 Å². The van der Waals surface area contributed by atoms with Gasteiger partial charge in [0.1, 0.15) is 0 Å². The molecule has 126 valence electrons. The van der Waals surface area contributed by atoms with Crippen molar-refractivity contribution >= 4 is 29.4 Å². The Labute approximate surface area is 138 Å². The van der Waals surface area contributed by atoms with Crippen molar-refractivity contribution in [2.75, 3.05) is 13.1 Å². The van der Waals surface area contributed by atoms with E-state index in [0.717, 1.165) is 6.92 Å². The molecule has 0 spiro atoms. The molecule has 0 saturated carbocycles. The monoisotopic (exact) mass is 342 g/mol. The van der Waals surface area contributed by atoms with E-state index in [9.17, 15) is 19.5 Å². The van der Waals surface area contributed by atoms with E-state index < -0.39 is 17.5 Å². The lowest BCUT2D eigenvalue weighted by Crippen LogP contribution is -2.46. The first-order valence-corrected chi connectivity index (χ1v) is 7.36. The smallest absolute Gasteiger partial charge is 0.337 e. The quantitative estimate of drug-likeness (QED) is 0.522. The summed E-state index contributed by atoms with van der Waals surface area (Å²) in [4.78, 5) is 34.0. The lowest BCUT2D eigenvalue weighted by atomic mass is 10.1. The van der Waals surface area contributed by atoms with Crippen LogP contribution in [0.2, 0.25) is 5.02 Å². The SMILES string of the molecule is CC(O)(CNC(=O)CCCNC(=O)c1ccc(Cl)cc1)C(=O)O. The van der Waals surface area contributed by atoms with Crippen LogP contribution in [0.1, 0.15) is 30.1 Å². The minimum atomic E-state index is -2.00. The number of hydrogen-bond acceptors (Lipinski definition) is 4. The van der Waals surface area contributed by atoms with Crippen LogP contribution in [0.15, 0.2) is 24.3 Å². The van der Waals surface area contributed by atoms with Crippen molar-refractivity contribution in [3.05, 3.63) is 34.9 Å². The van der Waals surface area contributed by atoms with Crippen molar-refractivity contribution in [3.8, 4) is 0 Å². The van der Waals surface area contributed by atoms with Gasteiger partial charge < -0.3 is 20.8 Å². The molecule has 1 unspecified atom stereocenters. The number of rotatable bonds is 8. The van der Waals surface area contributed by atoms with Crippen LogP contribution < -0.4 is 10.6 Å². The highest BCUT2D eigenvalue weighted by molar-refractivity contribution is 6.30. The number of carbonyl (C=O) groups excluding carboxylic acids is 2. The Morgan fingerprint density at radius 1 is 1.17 bits per heavy atom. The summed E-state index contributed by atoms with van der Waals surface area (Å²) >= 11 is 5.73. The van der Waals surface area contributed by atoms with E-state index in [0.29, 0.717) is 23.6 Å². The summed E-state index contributed by atoms with van der Waals surface area (Å²) in [5, 5.41) is 23.7. The van der Waals surface area contributed by atoms with E-state index in [2.05, 4.69) is 10.6 Å². The van der Waals surface area contributed by atoms with Crippen molar-refractivity contribution in [2.24, 2.45) is 0 Å². The second kappa shape index (κ2) is 8.50. The van der Waals surface area contributed by atoms with Gasteiger partial charge >= 0.3 is 5.97 Å². The first kappa shape index (κ1) is 18.9. The minimum absolute atomic E-state index is 0.108. The summed E-state index contributed by atoms with van der Waals surface area (Å²) < 4.78 is 0. The first-order valence-electron chi connectivity index (χ1n) is 6.98. The molecule has 0 aliphatic heterocycles. The van der Waals surface area contributed by atoms with Crippen LogP contribution in [0.25, 0.3) is 0 Å². The number of aliphatic carboxylic acids is 1. The van der Waals surface area contributed by atoms with Gasteiger partial charge in [-0.15, -0.1) is 0 Å². The zero-order valence-electron chi connectivity index (χ0n) is 12.6. The van der Waals surface area contributed by atoms with E-state index in [4.69, 9.17) is 16.7 Å².